The van der Waals surface area contributed by atoms with E-state index in [2.05, 4.69) is 26.9 Å². The number of anilines is 1. The summed E-state index contributed by atoms with van der Waals surface area (Å²) in [7, 11) is 1.89. The highest BCUT2D eigenvalue weighted by atomic mass is 15.3. The van der Waals surface area contributed by atoms with Crippen LogP contribution < -0.4 is 10.6 Å². The lowest BCUT2D eigenvalue weighted by Gasteiger charge is -2.23. The lowest BCUT2D eigenvalue weighted by atomic mass is 10.3. The maximum absolute atomic E-state index is 5.68. The number of rotatable bonds is 6. The molecule has 0 spiro atoms. The first-order valence-electron chi connectivity index (χ1n) is 6.35. The summed E-state index contributed by atoms with van der Waals surface area (Å²) in [4.78, 5) is 10.9. The number of hydrogen-bond acceptors (Lipinski definition) is 5. The monoisotopic (exact) mass is 248 g/mol. The van der Waals surface area contributed by atoms with Crippen LogP contribution in [0.4, 0.5) is 5.82 Å². The van der Waals surface area contributed by atoms with Gasteiger partial charge in [0.2, 0.25) is 0 Å². The molecule has 6 heteroatoms. The average molecular weight is 248 g/mol. The molecule has 0 fully saturated rings. The number of fused-ring (bicyclic) bond motifs is 1. The average Bonchev–Trinajstić information content (AvgIpc) is 2.77. The van der Waals surface area contributed by atoms with E-state index < -0.39 is 0 Å². The molecule has 6 nitrogen and oxygen atoms in total. The van der Waals surface area contributed by atoms with Gasteiger partial charge in [0.25, 0.3) is 0 Å². The first kappa shape index (κ1) is 12.8. The molecule has 0 saturated carbocycles. The Balaban J connectivity index is 2.36. The Bertz CT molecular complexity index is 506. The molecule has 2 aromatic rings. The molecule has 0 bridgehead atoms. The quantitative estimate of drug-likeness (QED) is 0.823. The minimum Gasteiger partial charge on any atom is -0.355 e. The van der Waals surface area contributed by atoms with E-state index >= 15 is 0 Å². The van der Waals surface area contributed by atoms with Crippen LogP contribution in [-0.4, -0.2) is 39.4 Å². The topological polar surface area (TPSA) is 72.9 Å². The Morgan fingerprint density at radius 1 is 1.33 bits per heavy atom. The van der Waals surface area contributed by atoms with E-state index in [9.17, 15) is 0 Å². The maximum Gasteiger partial charge on any atom is 0.163 e. The van der Waals surface area contributed by atoms with Gasteiger partial charge in [-0.15, -0.1) is 0 Å². The second-order valence-electron chi connectivity index (χ2n) is 4.33. The Hall–Kier alpha value is -1.69. The van der Waals surface area contributed by atoms with Crippen molar-refractivity contribution in [3.63, 3.8) is 0 Å². The van der Waals surface area contributed by atoms with Gasteiger partial charge in [0.05, 0.1) is 11.6 Å². The summed E-state index contributed by atoms with van der Waals surface area (Å²) < 4.78 is 1.76. The van der Waals surface area contributed by atoms with Crippen LogP contribution in [0.1, 0.15) is 19.8 Å². The molecule has 0 saturated heterocycles. The minimum absolute atomic E-state index is 0.621. The van der Waals surface area contributed by atoms with Crippen LogP contribution in [0.3, 0.4) is 0 Å². The third kappa shape index (κ3) is 2.43. The fourth-order valence-electron chi connectivity index (χ4n) is 2.03. The Morgan fingerprint density at radius 2 is 2.17 bits per heavy atom. The van der Waals surface area contributed by atoms with E-state index in [1.165, 1.54) is 0 Å². The largest absolute Gasteiger partial charge is 0.355 e. The summed E-state index contributed by atoms with van der Waals surface area (Å²) in [5, 5.41) is 5.23. The van der Waals surface area contributed by atoms with E-state index in [1.807, 2.05) is 13.2 Å². The van der Waals surface area contributed by atoms with Crippen molar-refractivity contribution in [1.82, 2.24) is 19.7 Å². The maximum atomic E-state index is 5.68. The number of aromatic nitrogens is 4. The molecule has 0 aliphatic heterocycles. The third-order valence-corrected chi connectivity index (χ3v) is 2.99. The zero-order chi connectivity index (χ0) is 13.0. The van der Waals surface area contributed by atoms with Crippen molar-refractivity contribution in [1.29, 1.82) is 0 Å². The number of unbranched alkanes of at least 4 members (excludes halogenated alkanes) is 1. The molecule has 0 radical (unpaired) electrons. The summed E-state index contributed by atoms with van der Waals surface area (Å²) in [5.41, 5.74) is 6.54. The molecular formula is C12H20N6. The molecule has 98 valence electrons. The van der Waals surface area contributed by atoms with Gasteiger partial charge in [-0.1, -0.05) is 13.3 Å². The molecule has 0 amide bonds. The molecule has 0 atom stereocenters. The van der Waals surface area contributed by atoms with E-state index in [1.54, 1.807) is 11.0 Å². The Kier molecular flexibility index (Phi) is 4.09. The molecular weight excluding hydrogens is 228 g/mol. The summed E-state index contributed by atoms with van der Waals surface area (Å²) in [6, 6.07) is 0. The van der Waals surface area contributed by atoms with Crippen molar-refractivity contribution in [3.05, 3.63) is 12.5 Å². The Morgan fingerprint density at radius 3 is 2.89 bits per heavy atom. The highest BCUT2D eigenvalue weighted by molar-refractivity contribution is 5.86. The number of nitrogens with zero attached hydrogens (tertiary/aromatic N) is 5. The zero-order valence-corrected chi connectivity index (χ0v) is 11.0. The van der Waals surface area contributed by atoms with Crippen LogP contribution in [0.2, 0.25) is 0 Å². The number of hydrogen-bond donors (Lipinski definition) is 1. The van der Waals surface area contributed by atoms with Crippen LogP contribution in [-0.2, 0) is 7.05 Å². The fourth-order valence-corrected chi connectivity index (χ4v) is 2.03. The normalized spacial score (nSPS) is 11.1. The molecule has 2 heterocycles. The van der Waals surface area contributed by atoms with Crippen molar-refractivity contribution in [2.75, 3.05) is 24.5 Å². The van der Waals surface area contributed by atoms with Gasteiger partial charge in [-0.3, -0.25) is 4.68 Å². The van der Waals surface area contributed by atoms with Gasteiger partial charge in [0.15, 0.2) is 5.65 Å². The van der Waals surface area contributed by atoms with Crippen molar-refractivity contribution >= 4 is 16.9 Å². The second kappa shape index (κ2) is 5.77. The van der Waals surface area contributed by atoms with Crippen molar-refractivity contribution in [2.45, 2.75) is 19.8 Å². The molecule has 18 heavy (non-hydrogen) atoms. The lowest BCUT2D eigenvalue weighted by molar-refractivity contribution is 0.709. The van der Waals surface area contributed by atoms with Gasteiger partial charge in [-0.25, -0.2) is 9.97 Å². The van der Waals surface area contributed by atoms with Gasteiger partial charge < -0.3 is 10.6 Å². The lowest BCUT2D eigenvalue weighted by Crippen LogP contribution is -2.31. The predicted octanol–water partition coefficient (Wildman–Crippen LogP) is 0.928. The van der Waals surface area contributed by atoms with Crippen molar-refractivity contribution in [3.8, 4) is 0 Å². The zero-order valence-electron chi connectivity index (χ0n) is 11.0. The second-order valence-corrected chi connectivity index (χ2v) is 4.33. The van der Waals surface area contributed by atoms with E-state index in [0.717, 1.165) is 42.8 Å². The van der Waals surface area contributed by atoms with Crippen LogP contribution in [0, 0.1) is 0 Å². The summed E-state index contributed by atoms with van der Waals surface area (Å²) in [6.45, 7) is 4.57. The van der Waals surface area contributed by atoms with Crippen LogP contribution >= 0.6 is 0 Å². The van der Waals surface area contributed by atoms with Gasteiger partial charge in [0.1, 0.15) is 12.1 Å². The SMILES string of the molecule is CCCCN(CCN)c1ncnc2c1cnn2C. The van der Waals surface area contributed by atoms with Crippen LogP contribution in [0.25, 0.3) is 11.0 Å². The van der Waals surface area contributed by atoms with E-state index in [4.69, 9.17) is 5.73 Å². The summed E-state index contributed by atoms with van der Waals surface area (Å²) in [5.74, 6) is 0.937. The highest BCUT2D eigenvalue weighted by Crippen LogP contribution is 2.22. The summed E-state index contributed by atoms with van der Waals surface area (Å²) in [6.07, 6.45) is 5.70. The molecule has 0 unspecified atom stereocenters. The molecule has 2 N–H and O–H groups in total. The molecule has 2 aromatic heterocycles. The molecule has 0 aliphatic rings. The smallest absolute Gasteiger partial charge is 0.163 e. The third-order valence-electron chi connectivity index (χ3n) is 2.99. The molecule has 0 aliphatic carbocycles. The van der Waals surface area contributed by atoms with E-state index in [0.29, 0.717) is 6.54 Å². The molecule has 0 aromatic carbocycles. The van der Waals surface area contributed by atoms with Gasteiger partial charge in [0, 0.05) is 26.7 Å². The van der Waals surface area contributed by atoms with Gasteiger partial charge in [-0.05, 0) is 6.42 Å². The van der Waals surface area contributed by atoms with Gasteiger partial charge in [-0.2, -0.15) is 5.10 Å². The van der Waals surface area contributed by atoms with Crippen molar-refractivity contribution in [2.24, 2.45) is 12.8 Å². The van der Waals surface area contributed by atoms with Crippen LogP contribution in [0.5, 0.6) is 0 Å². The Labute approximate surface area is 107 Å². The molecule has 2 rings (SSSR count). The first-order valence-corrected chi connectivity index (χ1v) is 6.35. The fraction of sp³-hybridized carbons (Fsp3) is 0.583. The predicted molar refractivity (Wildman–Crippen MR) is 72.5 cm³/mol. The van der Waals surface area contributed by atoms with Gasteiger partial charge >= 0.3 is 0 Å². The number of nitrogens with two attached hydrogens (primary N) is 1. The van der Waals surface area contributed by atoms with E-state index in [-0.39, 0.29) is 0 Å². The van der Waals surface area contributed by atoms with Crippen molar-refractivity contribution < 1.29 is 0 Å². The highest BCUT2D eigenvalue weighted by Gasteiger charge is 2.13. The van der Waals surface area contributed by atoms with Crippen LogP contribution in [0.15, 0.2) is 12.5 Å². The minimum atomic E-state index is 0.621. The summed E-state index contributed by atoms with van der Waals surface area (Å²) >= 11 is 0. The number of aryl methyl sites for hydroxylation is 1. The standard InChI is InChI=1S/C12H20N6/c1-3-4-6-18(7-5-13)12-10-8-16-17(2)11(10)14-9-15-12/h8-9H,3-7,13H2,1-2H3. The first-order chi connectivity index (χ1) is 8.77.